The van der Waals surface area contributed by atoms with E-state index in [9.17, 15) is 24.6 Å². The number of carboxylic acid groups (broad SMARTS) is 1. The van der Waals surface area contributed by atoms with E-state index in [0.717, 1.165) is 18.5 Å². The third kappa shape index (κ3) is 6.72. The summed E-state index contributed by atoms with van der Waals surface area (Å²) < 4.78 is 0. The van der Waals surface area contributed by atoms with Crippen molar-refractivity contribution in [2.24, 2.45) is 0 Å². The number of aromatic hydroxyl groups is 1. The SMILES string of the molecule is CSCCC(NC(=O)C(Cc1ccc(O)cc1)NC(=O)C1CCCN1)C(=O)O. The number of benzene rings is 1. The zero-order valence-corrected chi connectivity index (χ0v) is 16.6. The Balaban J connectivity index is 2.10. The predicted molar refractivity (Wildman–Crippen MR) is 107 cm³/mol. The van der Waals surface area contributed by atoms with Crippen LogP contribution in [0, 0.1) is 0 Å². The van der Waals surface area contributed by atoms with Crippen LogP contribution in [-0.4, -0.2) is 64.7 Å². The lowest BCUT2D eigenvalue weighted by Gasteiger charge is -2.23. The largest absolute Gasteiger partial charge is 0.508 e. The average molecular weight is 410 g/mol. The van der Waals surface area contributed by atoms with Crippen molar-refractivity contribution in [1.82, 2.24) is 16.0 Å². The molecule has 1 saturated heterocycles. The lowest BCUT2D eigenvalue weighted by molar-refractivity contribution is -0.142. The van der Waals surface area contributed by atoms with Crippen molar-refractivity contribution < 1.29 is 24.6 Å². The van der Waals surface area contributed by atoms with Gasteiger partial charge in [-0.1, -0.05) is 12.1 Å². The summed E-state index contributed by atoms with van der Waals surface area (Å²) in [6.07, 6.45) is 3.95. The van der Waals surface area contributed by atoms with E-state index in [1.165, 1.54) is 23.9 Å². The molecule has 0 aromatic heterocycles. The van der Waals surface area contributed by atoms with Crippen LogP contribution in [-0.2, 0) is 20.8 Å². The molecule has 1 heterocycles. The first-order valence-electron chi connectivity index (χ1n) is 9.24. The summed E-state index contributed by atoms with van der Waals surface area (Å²) in [5.74, 6) is -1.21. The Morgan fingerprint density at radius 1 is 1.21 bits per heavy atom. The highest BCUT2D eigenvalue weighted by molar-refractivity contribution is 7.98. The first-order chi connectivity index (χ1) is 13.4. The first kappa shape index (κ1) is 22.0. The van der Waals surface area contributed by atoms with Crippen molar-refractivity contribution >= 4 is 29.5 Å². The van der Waals surface area contributed by atoms with Gasteiger partial charge in [-0.25, -0.2) is 4.79 Å². The van der Waals surface area contributed by atoms with Crippen molar-refractivity contribution in [2.75, 3.05) is 18.6 Å². The lowest BCUT2D eigenvalue weighted by atomic mass is 10.0. The van der Waals surface area contributed by atoms with E-state index in [2.05, 4.69) is 16.0 Å². The molecular formula is C19H27N3O5S. The third-order valence-corrected chi connectivity index (χ3v) is 5.26. The molecule has 5 N–H and O–H groups in total. The van der Waals surface area contributed by atoms with E-state index in [-0.39, 0.29) is 24.1 Å². The maximum atomic E-state index is 12.8. The van der Waals surface area contributed by atoms with Gasteiger partial charge in [0.05, 0.1) is 6.04 Å². The summed E-state index contributed by atoms with van der Waals surface area (Å²) in [4.78, 5) is 36.7. The van der Waals surface area contributed by atoms with Crippen molar-refractivity contribution in [3.8, 4) is 5.75 Å². The minimum absolute atomic E-state index is 0.104. The molecular weight excluding hydrogens is 382 g/mol. The van der Waals surface area contributed by atoms with Crippen molar-refractivity contribution in [1.29, 1.82) is 0 Å². The highest BCUT2D eigenvalue weighted by Gasteiger charge is 2.29. The standard InChI is InChI=1S/C19H27N3O5S/c1-28-10-8-15(19(26)27)21-18(25)16(11-12-4-6-13(23)7-5-12)22-17(24)14-3-2-9-20-14/h4-7,14-16,20,23H,2-3,8-11H2,1H3,(H,21,25)(H,22,24)(H,26,27). The summed E-state index contributed by atoms with van der Waals surface area (Å²) in [6, 6.07) is 4.07. The minimum Gasteiger partial charge on any atom is -0.508 e. The van der Waals surface area contributed by atoms with Gasteiger partial charge in [-0.2, -0.15) is 11.8 Å². The smallest absolute Gasteiger partial charge is 0.326 e. The third-order valence-electron chi connectivity index (χ3n) is 4.61. The number of nitrogens with one attached hydrogen (secondary N) is 3. The van der Waals surface area contributed by atoms with Crippen molar-refractivity contribution in [3.05, 3.63) is 29.8 Å². The Morgan fingerprint density at radius 2 is 1.93 bits per heavy atom. The second-order valence-corrected chi connectivity index (χ2v) is 7.75. The quantitative estimate of drug-likeness (QED) is 0.381. The zero-order chi connectivity index (χ0) is 20.5. The van der Waals surface area contributed by atoms with Gasteiger partial charge >= 0.3 is 5.97 Å². The van der Waals surface area contributed by atoms with Gasteiger partial charge in [-0.15, -0.1) is 0 Å². The average Bonchev–Trinajstić information content (AvgIpc) is 3.20. The normalized spacial score (nSPS) is 18.2. The number of phenolic OH excluding ortho intramolecular Hbond substituents is 1. The molecule has 1 fully saturated rings. The second kappa shape index (κ2) is 10.9. The molecule has 2 rings (SSSR count). The van der Waals surface area contributed by atoms with Gasteiger partial charge in [0.15, 0.2) is 0 Å². The summed E-state index contributed by atoms with van der Waals surface area (Å²) in [5, 5.41) is 27.2. The van der Waals surface area contributed by atoms with Gasteiger partial charge in [-0.05, 0) is 55.5 Å². The highest BCUT2D eigenvalue weighted by atomic mass is 32.2. The molecule has 0 bridgehead atoms. The van der Waals surface area contributed by atoms with E-state index in [1.54, 1.807) is 12.1 Å². The molecule has 1 aliphatic heterocycles. The van der Waals surface area contributed by atoms with Crippen LogP contribution < -0.4 is 16.0 Å². The van der Waals surface area contributed by atoms with E-state index in [0.29, 0.717) is 18.6 Å². The molecule has 8 nitrogen and oxygen atoms in total. The molecule has 154 valence electrons. The van der Waals surface area contributed by atoms with E-state index >= 15 is 0 Å². The van der Waals surface area contributed by atoms with Crippen LogP contribution in [0.3, 0.4) is 0 Å². The molecule has 3 unspecified atom stereocenters. The molecule has 3 atom stereocenters. The van der Waals surface area contributed by atoms with E-state index in [1.807, 2.05) is 6.26 Å². The van der Waals surface area contributed by atoms with Crippen LogP contribution >= 0.6 is 11.8 Å². The van der Waals surface area contributed by atoms with Crippen molar-refractivity contribution in [2.45, 2.75) is 43.8 Å². The molecule has 9 heteroatoms. The molecule has 2 amide bonds. The van der Waals surface area contributed by atoms with Gasteiger partial charge < -0.3 is 26.2 Å². The number of thioether (sulfide) groups is 1. The molecule has 0 saturated carbocycles. The van der Waals surface area contributed by atoms with Crippen LogP contribution in [0.15, 0.2) is 24.3 Å². The summed E-state index contributed by atoms with van der Waals surface area (Å²) >= 11 is 1.50. The lowest BCUT2D eigenvalue weighted by Crippen LogP contribution is -2.55. The molecule has 1 aliphatic rings. The van der Waals surface area contributed by atoms with Gasteiger partial charge in [-0.3, -0.25) is 9.59 Å². The Bertz CT molecular complexity index is 677. The van der Waals surface area contributed by atoms with Crippen LogP contribution in [0.2, 0.25) is 0 Å². The predicted octanol–water partition coefficient (Wildman–Crippen LogP) is 0.494. The number of hydrogen-bond donors (Lipinski definition) is 5. The molecule has 1 aromatic carbocycles. The maximum Gasteiger partial charge on any atom is 0.326 e. The van der Waals surface area contributed by atoms with Gasteiger partial charge in [0.1, 0.15) is 17.8 Å². The fourth-order valence-electron chi connectivity index (χ4n) is 3.02. The van der Waals surface area contributed by atoms with Crippen LogP contribution in [0.5, 0.6) is 5.75 Å². The maximum absolute atomic E-state index is 12.8. The highest BCUT2D eigenvalue weighted by Crippen LogP contribution is 2.13. The molecule has 0 radical (unpaired) electrons. The second-order valence-electron chi connectivity index (χ2n) is 6.76. The Hall–Kier alpha value is -2.26. The molecule has 0 aliphatic carbocycles. The number of carboxylic acids is 1. The molecule has 0 spiro atoms. The number of carbonyl (C=O) groups excluding carboxylic acids is 2. The zero-order valence-electron chi connectivity index (χ0n) is 15.8. The first-order valence-corrected chi connectivity index (χ1v) is 10.6. The molecule has 28 heavy (non-hydrogen) atoms. The van der Waals surface area contributed by atoms with E-state index in [4.69, 9.17) is 0 Å². The monoisotopic (exact) mass is 409 g/mol. The fraction of sp³-hybridized carbons (Fsp3) is 0.526. The number of rotatable bonds is 10. The summed E-state index contributed by atoms with van der Waals surface area (Å²) in [5.41, 5.74) is 0.744. The molecule has 1 aromatic rings. The number of aliphatic carboxylic acids is 1. The van der Waals surface area contributed by atoms with E-state index < -0.39 is 24.0 Å². The Morgan fingerprint density at radius 3 is 2.50 bits per heavy atom. The number of carbonyl (C=O) groups is 3. The van der Waals surface area contributed by atoms with Gasteiger partial charge in [0.2, 0.25) is 11.8 Å². The fourth-order valence-corrected chi connectivity index (χ4v) is 3.49. The summed E-state index contributed by atoms with van der Waals surface area (Å²) in [6.45, 7) is 0.753. The van der Waals surface area contributed by atoms with Gasteiger partial charge in [0.25, 0.3) is 0 Å². The number of hydrogen-bond acceptors (Lipinski definition) is 6. The summed E-state index contributed by atoms with van der Waals surface area (Å²) in [7, 11) is 0. The number of phenols is 1. The number of amides is 2. The Labute approximate surface area is 168 Å². The topological polar surface area (TPSA) is 128 Å². The van der Waals surface area contributed by atoms with Crippen molar-refractivity contribution in [3.63, 3.8) is 0 Å². The van der Waals surface area contributed by atoms with Crippen LogP contribution in [0.1, 0.15) is 24.8 Å². The Kier molecular flexibility index (Phi) is 8.59. The van der Waals surface area contributed by atoms with Crippen LogP contribution in [0.4, 0.5) is 0 Å². The minimum atomic E-state index is -1.10. The van der Waals surface area contributed by atoms with Crippen LogP contribution in [0.25, 0.3) is 0 Å². The van der Waals surface area contributed by atoms with Gasteiger partial charge in [0, 0.05) is 6.42 Å².